The summed E-state index contributed by atoms with van der Waals surface area (Å²) in [5.41, 5.74) is 1.34. The number of nitrogens with zero attached hydrogens (tertiary/aromatic N) is 3. The number of carbonyl (C=O) groups excluding carboxylic acids is 2. The zero-order valence-corrected chi connectivity index (χ0v) is 15.2. The highest BCUT2D eigenvalue weighted by Crippen LogP contribution is 2.19. The van der Waals surface area contributed by atoms with E-state index in [4.69, 9.17) is 4.74 Å². The number of halogens is 1. The lowest BCUT2D eigenvalue weighted by Gasteiger charge is -2.12. The summed E-state index contributed by atoms with van der Waals surface area (Å²) in [6.07, 6.45) is 3.50. The van der Waals surface area contributed by atoms with Crippen LogP contribution >= 0.6 is 23.7 Å². The molecule has 24 heavy (non-hydrogen) atoms. The topological polar surface area (TPSA) is 98.1 Å². The first-order valence-corrected chi connectivity index (χ1v) is 7.98. The van der Waals surface area contributed by atoms with E-state index < -0.39 is 6.04 Å². The van der Waals surface area contributed by atoms with Gasteiger partial charge in [-0.3, -0.25) is 14.3 Å². The number of thiazole rings is 1. The normalized spacial score (nSPS) is 11.5. The Hall–Kier alpha value is -1.97. The van der Waals surface area contributed by atoms with E-state index in [1.807, 2.05) is 0 Å². The monoisotopic (exact) mass is 373 g/mol. The molecule has 2 heterocycles. The number of amides is 1. The molecule has 0 saturated carbocycles. The number of carbonyl (C=O) groups is 2. The van der Waals surface area contributed by atoms with E-state index in [9.17, 15) is 9.59 Å². The summed E-state index contributed by atoms with van der Waals surface area (Å²) in [6, 6.07) is -0.527. The van der Waals surface area contributed by atoms with Crippen molar-refractivity contribution >= 4 is 40.8 Å². The highest BCUT2D eigenvalue weighted by Gasteiger charge is 2.21. The van der Waals surface area contributed by atoms with Crippen molar-refractivity contribution in [2.45, 2.75) is 19.4 Å². The molecule has 132 valence electrons. The number of hydrogen-bond donors (Lipinski definition) is 2. The summed E-state index contributed by atoms with van der Waals surface area (Å²) >= 11 is 1.27. The van der Waals surface area contributed by atoms with Crippen molar-refractivity contribution in [3.8, 4) is 0 Å². The molecule has 2 rings (SSSR count). The first kappa shape index (κ1) is 20.1. The van der Waals surface area contributed by atoms with Crippen LogP contribution in [0.25, 0.3) is 0 Å². The summed E-state index contributed by atoms with van der Waals surface area (Å²) < 4.78 is 6.50. The van der Waals surface area contributed by atoms with Gasteiger partial charge < -0.3 is 15.4 Å². The summed E-state index contributed by atoms with van der Waals surface area (Å²) in [6.45, 7) is 2.09. The largest absolute Gasteiger partial charge is 0.466 e. The molecule has 1 unspecified atom stereocenters. The molecule has 0 aliphatic rings. The van der Waals surface area contributed by atoms with E-state index >= 15 is 0 Å². The fraction of sp³-hybridized carbons (Fsp3) is 0.429. The average molecular weight is 374 g/mol. The Labute approximate surface area is 150 Å². The highest BCUT2D eigenvalue weighted by atomic mass is 35.5. The van der Waals surface area contributed by atoms with Crippen LogP contribution in [0.5, 0.6) is 0 Å². The molecule has 0 spiro atoms. The second-order valence-corrected chi connectivity index (χ2v) is 5.64. The van der Waals surface area contributed by atoms with Crippen molar-refractivity contribution in [2.24, 2.45) is 7.05 Å². The number of aromatic nitrogens is 3. The van der Waals surface area contributed by atoms with Gasteiger partial charge in [-0.05, 0) is 14.0 Å². The zero-order chi connectivity index (χ0) is 16.8. The number of ether oxygens (including phenoxy) is 1. The van der Waals surface area contributed by atoms with Crippen molar-refractivity contribution in [1.82, 2.24) is 20.1 Å². The molecule has 0 saturated heterocycles. The summed E-state index contributed by atoms with van der Waals surface area (Å²) in [5, 5.41) is 11.9. The molecular weight excluding hydrogens is 354 g/mol. The molecular formula is C14H20ClN5O3S. The molecule has 2 N–H and O–H groups in total. The standard InChI is InChI=1S/C14H19N5O3S.ClH/c1-4-22-11(20)5-10-8-23-14(17-10)18-13(21)12(15-2)9-6-16-19(3)7-9;/h6-8,12,15H,4-5H2,1-3H3,(H,17,18,21);1H. The molecule has 10 heteroatoms. The molecule has 0 fully saturated rings. The quantitative estimate of drug-likeness (QED) is 0.710. The third-order valence-electron chi connectivity index (χ3n) is 3.02. The molecule has 2 aromatic heterocycles. The van der Waals surface area contributed by atoms with Gasteiger partial charge in [0.15, 0.2) is 5.13 Å². The lowest BCUT2D eigenvalue weighted by atomic mass is 10.1. The number of hydrogen-bond acceptors (Lipinski definition) is 7. The van der Waals surface area contributed by atoms with E-state index in [0.717, 1.165) is 5.56 Å². The van der Waals surface area contributed by atoms with Gasteiger partial charge in [0.1, 0.15) is 6.04 Å². The van der Waals surface area contributed by atoms with Gasteiger partial charge in [0.2, 0.25) is 5.91 Å². The average Bonchev–Trinajstić information content (AvgIpc) is 3.09. The van der Waals surface area contributed by atoms with Crippen molar-refractivity contribution in [3.63, 3.8) is 0 Å². The van der Waals surface area contributed by atoms with Crippen LogP contribution in [0, 0.1) is 0 Å². The number of likely N-dealkylation sites (N-methyl/N-ethyl adjacent to an activating group) is 1. The molecule has 1 amide bonds. The minimum Gasteiger partial charge on any atom is -0.466 e. The van der Waals surface area contributed by atoms with Gasteiger partial charge in [0, 0.05) is 24.2 Å². The van der Waals surface area contributed by atoms with Crippen LogP contribution in [0.15, 0.2) is 17.8 Å². The maximum absolute atomic E-state index is 12.4. The highest BCUT2D eigenvalue weighted by molar-refractivity contribution is 7.13. The molecule has 2 aromatic rings. The van der Waals surface area contributed by atoms with Gasteiger partial charge in [0.05, 0.1) is 24.9 Å². The van der Waals surface area contributed by atoms with Crippen LogP contribution in [-0.2, 0) is 27.8 Å². The van der Waals surface area contributed by atoms with Crippen LogP contribution in [-0.4, -0.2) is 40.3 Å². The minimum absolute atomic E-state index is 0. The number of rotatable bonds is 7. The van der Waals surface area contributed by atoms with Gasteiger partial charge in [-0.25, -0.2) is 4.98 Å². The second-order valence-electron chi connectivity index (χ2n) is 4.78. The van der Waals surface area contributed by atoms with Gasteiger partial charge in [0.25, 0.3) is 0 Å². The van der Waals surface area contributed by atoms with Crippen LogP contribution in [0.2, 0.25) is 0 Å². The molecule has 0 aliphatic carbocycles. The van der Waals surface area contributed by atoms with E-state index in [1.165, 1.54) is 11.3 Å². The second kappa shape index (κ2) is 9.36. The zero-order valence-electron chi connectivity index (χ0n) is 13.6. The molecule has 8 nitrogen and oxygen atoms in total. The van der Waals surface area contributed by atoms with Crippen LogP contribution in [0.4, 0.5) is 5.13 Å². The smallest absolute Gasteiger partial charge is 0.311 e. The van der Waals surface area contributed by atoms with E-state index in [0.29, 0.717) is 17.4 Å². The Bertz CT molecular complexity index is 688. The minimum atomic E-state index is -0.527. The first-order valence-electron chi connectivity index (χ1n) is 7.10. The van der Waals surface area contributed by atoms with E-state index in [2.05, 4.69) is 20.7 Å². The van der Waals surface area contributed by atoms with Gasteiger partial charge in [-0.15, -0.1) is 23.7 Å². The first-order chi connectivity index (χ1) is 11.0. The van der Waals surface area contributed by atoms with Crippen molar-refractivity contribution in [3.05, 3.63) is 29.0 Å². The number of nitrogens with one attached hydrogen (secondary N) is 2. The SMILES string of the molecule is CCOC(=O)Cc1csc(NC(=O)C(NC)c2cnn(C)c2)n1.Cl. The Kier molecular flexibility index (Phi) is 7.83. The predicted octanol–water partition coefficient (Wildman–Crippen LogP) is 1.30. The maximum atomic E-state index is 12.4. The van der Waals surface area contributed by atoms with Crippen LogP contribution < -0.4 is 10.6 Å². The summed E-state index contributed by atoms with van der Waals surface area (Å²) in [7, 11) is 3.49. The lowest BCUT2D eigenvalue weighted by Crippen LogP contribution is -2.30. The Balaban J connectivity index is 0.00000288. The lowest BCUT2D eigenvalue weighted by molar-refractivity contribution is -0.142. The molecule has 0 radical (unpaired) electrons. The Morgan fingerprint density at radius 1 is 1.46 bits per heavy atom. The Morgan fingerprint density at radius 2 is 2.21 bits per heavy atom. The molecule has 1 atom stereocenters. The fourth-order valence-corrected chi connectivity index (χ4v) is 2.73. The maximum Gasteiger partial charge on any atom is 0.311 e. The molecule has 0 aromatic carbocycles. The van der Waals surface area contributed by atoms with Crippen LogP contribution in [0.1, 0.15) is 24.2 Å². The van der Waals surface area contributed by atoms with Gasteiger partial charge >= 0.3 is 5.97 Å². The van der Waals surface area contributed by atoms with E-state index in [-0.39, 0.29) is 30.7 Å². The van der Waals surface area contributed by atoms with E-state index in [1.54, 1.807) is 43.5 Å². The summed E-state index contributed by atoms with van der Waals surface area (Å²) in [5.74, 6) is -0.573. The third-order valence-corrected chi connectivity index (χ3v) is 3.83. The third kappa shape index (κ3) is 5.29. The van der Waals surface area contributed by atoms with Gasteiger partial charge in [-0.1, -0.05) is 0 Å². The molecule has 0 bridgehead atoms. The predicted molar refractivity (Wildman–Crippen MR) is 93.3 cm³/mol. The number of esters is 1. The number of aryl methyl sites for hydroxylation is 1. The molecule has 0 aliphatic heterocycles. The number of anilines is 1. The Morgan fingerprint density at radius 3 is 2.79 bits per heavy atom. The van der Waals surface area contributed by atoms with Crippen molar-refractivity contribution in [2.75, 3.05) is 19.0 Å². The van der Waals surface area contributed by atoms with Gasteiger partial charge in [-0.2, -0.15) is 5.10 Å². The fourth-order valence-electron chi connectivity index (χ4n) is 2.02. The van der Waals surface area contributed by atoms with Crippen molar-refractivity contribution in [1.29, 1.82) is 0 Å². The van der Waals surface area contributed by atoms with Crippen LogP contribution in [0.3, 0.4) is 0 Å². The van der Waals surface area contributed by atoms with Crippen molar-refractivity contribution < 1.29 is 14.3 Å². The summed E-state index contributed by atoms with van der Waals surface area (Å²) in [4.78, 5) is 28.0.